The number of aromatic nitrogens is 3. The molecular formula is C17H20N4O2S. The van der Waals surface area contributed by atoms with Gasteiger partial charge in [-0.15, -0.1) is 0 Å². The van der Waals surface area contributed by atoms with Crippen molar-refractivity contribution in [2.24, 2.45) is 0 Å². The SMILES string of the molecule is CCn1cc(S(=O)(=O)N(C)Cc2ccnc3ccccc23)c(C)n1. The Bertz CT molecular complexity index is 974. The molecule has 0 bridgehead atoms. The summed E-state index contributed by atoms with van der Waals surface area (Å²) in [6.07, 6.45) is 3.30. The molecule has 0 amide bonds. The maximum absolute atomic E-state index is 12.9. The zero-order valence-corrected chi connectivity index (χ0v) is 14.8. The fourth-order valence-electron chi connectivity index (χ4n) is 2.70. The van der Waals surface area contributed by atoms with E-state index in [1.54, 1.807) is 31.0 Å². The smallest absolute Gasteiger partial charge is 0.246 e. The lowest BCUT2D eigenvalue weighted by Crippen LogP contribution is -2.27. The Balaban J connectivity index is 1.96. The Morgan fingerprint density at radius 3 is 2.67 bits per heavy atom. The van der Waals surface area contributed by atoms with Crippen molar-refractivity contribution < 1.29 is 8.42 Å². The van der Waals surface area contributed by atoms with Crippen molar-refractivity contribution in [1.29, 1.82) is 0 Å². The largest absolute Gasteiger partial charge is 0.271 e. The van der Waals surface area contributed by atoms with Gasteiger partial charge >= 0.3 is 0 Å². The molecule has 0 aliphatic rings. The number of nitrogens with zero attached hydrogens (tertiary/aromatic N) is 4. The molecule has 0 aliphatic carbocycles. The quantitative estimate of drug-likeness (QED) is 0.713. The van der Waals surface area contributed by atoms with E-state index in [1.807, 2.05) is 37.3 Å². The van der Waals surface area contributed by atoms with E-state index in [0.717, 1.165) is 16.5 Å². The highest BCUT2D eigenvalue weighted by Gasteiger charge is 2.25. The van der Waals surface area contributed by atoms with E-state index >= 15 is 0 Å². The number of hydrogen-bond donors (Lipinski definition) is 0. The van der Waals surface area contributed by atoms with E-state index in [4.69, 9.17) is 0 Å². The van der Waals surface area contributed by atoms with Crippen LogP contribution in [0, 0.1) is 6.92 Å². The van der Waals surface area contributed by atoms with Crippen LogP contribution in [0.2, 0.25) is 0 Å². The van der Waals surface area contributed by atoms with Gasteiger partial charge in [-0.05, 0) is 31.5 Å². The molecule has 1 aromatic carbocycles. The van der Waals surface area contributed by atoms with Gasteiger partial charge in [-0.3, -0.25) is 9.67 Å². The van der Waals surface area contributed by atoms with Crippen LogP contribution in [0.3, 0.4) is 0 Å². The van der Waals surface area contributed by atoms with Gasteiger partial charge in [0.15, 0.2) is 0 Å². The van der Waals surface area contributed by atoms with Crippen molar-refractivity contribution in [3.05, 3.63) is 54.0 Å². The molecule has 3 aromatic rings. The number of pyridine rings is 1. The maximum Gasteiger partial charge on any atom is 0.246 e. The minimum Gasteiger partial charge on any atom is -0.271 e. The van der Waals surface area contributed by atoms with Crippen LogP contribution < -0.4 is 0 Å². The standard InChI is InChI=1S/C17H20N4O2S/c1-4-21-12-17(13(2)19-21)24(22,23)20(3)11-14-9-10-18-16-8-6-5-7-15(14)16/h5-10,12H,4,11H2,1-3H3. The van der Waals surface area contributed by atoms with Crippen LogP contribution in [0.1, 0.15) is 18.2 Å². The van der Waals surface area contributed by atoms with Crippen molar-refractivity contribution >= 4 is 20.9 Å². The Morgan fingerprint density at radius 1 is 1.21 bits per heavy atom. The van der Waals surface area contributed by atoms with Crippen molar-refractivity contribution in [3.8, 4) is 0 Å². The molecule has 0 fully saturated rings. The van der Waals surface area contributed by atoms with E-state index < -0.39 is 10.0 Å². The third-order valence-corrected chi connectivity index (χ3v) is 5.95. The van der Waals surface area contributed by atoms with Gasteiger partial charge in [0, 0.05) is 37.9 Å². The summed E-state index contributed by atoms with van der Waals surface area (Å²) in [7, 11) is -2.01. The van der Waals surface area contributed by atoms with Gasteiger partial charge in [0.1, 0.15) is 4.90 Å². The van der Waals surface area contributed by atoms with E-state index in [0.29, 0.717) is 12.2 Å². The number of benzene rings is 1. The average molecular weight is 344 g/mol. The molecule has 0 radical (unpaired) electrons. The minimum atomic E-state index is -3.60. The molecule has 0 saturated carbocycles. The zero-order valence-electron chi connectivity index (χ0n) is 14.0. The molecule has 0 unspecified atom stereocenters. The second kappa shape index (κ2) is 6.33. The number of hydrogen-bond acceptors (Lipinski definition) is 4. The zero-order chi connectivity index (χ0) is 17.3. The number of aryl methyl sites for hydroxylation is 2. The Morgan fingerprint density at radius 2 is 1.96 bits per heavy atom. The molecule has 2 aromatic heterocycles. The second-order valence-electron chi connectivity index (χ2n) is 5.68. The van der Waals surface area contributed by atoms with E-state index in [1.165, 1.54) is 4.31 Å². The molecule has 0 N–H and O–H groups in total. The molecule has 0 spiro atoms. The first kappa shape index (κ1) is 16.6. The van der Waals surface area contributed by atoms with Gasteiger partial charge in [0.05, 0.1) is 11.2 Å². The maximum atomic E-state index is 12.9. The Hall–Kier alpha value is -2.25. The number of rotatable bonds is 5. The summed E-state index contributed by atoms with van der Waals surface area (Å²) in [6, 6.07) is 9.58. The summed E-state index contributed by atoms with van der Waals surface area (Å²) in [6.45, 7) is 4.56. The summed E-state index contributed by atoms with van der Waals surface area (Å²) in [5.41, 5.74) is 2.30. The number of fused-ring (bicyclic) bond motifs is 1. The molecule has 3 rings (SSSR count). The van der Waals surface area contributed by atoms with E-state index in [2.05, 4.69) is 10.1 Å². The summed E-state index contributed by atoms with van der Waals surface area (Å²) in [4.78, 5) is 4.57. The van der Waals surface area contributed by atoms with Crippen LogP contribution in [-0.4, -0.2) is 34.5 Å². The highest BCUT2D eigenvalue weighted by Crippen LogP contribution is 2.22. The third kappa shape index (κ3) is 2.92. The van der Waals surface area contributed by atoms with Gasteiger partial charge < -0.3 is 0 Å². The van der Waals surface area contributed by atoms with E-state index in [9.17, 15) is 8.42 Å². The highest BCUT2D eigenvalue weighted by molar-refractivity contribution is 7.89. The van der Waals surface area contributed by atoms with Gasteiger partial charge in [-0.25, -0.2) is 8.42 Å². The lowest BCUT2D eigenvalue weighted by molar-refractivity contribution is 0.467. The van der Waals surface area contributed by atoms with Gasteiger partial charge in [0.25, 0.3) is 0 Å². The molecular weight excluding hydrogens is 324 g/mol. The third-order valence-electron chi connectivity index (χ3n) is 4.05. The monoisotopic (exact) mass is 344 g/mol. The fraction of sp³-hybridized carbons (Fsp3) is 0.294. The number of sulfonamides is 1. The average Bonchev–Trinajstić information content (AvgIpc) is 2.97. The highest BCUT2D eigenvalue weighted by atomic mass is 32.2. The van der Waals surface area contributed by atoms with Gasteiger partial charge in [0.2, 0.25) is 10.0 Å². The van der Waals surface area contributed by atoms with Crippen molar-refractivity contribution in [2.45, 2.75) is 31.8 Å². The van der Waals surface area contributed by atoms with Crippen LogP contribution in [-0.2, 0) is 23.1 Å². The molecule has 126 valence electrons. The van der Waals surface area contributed by atoms with Crippen molar-refractivity contribution in [2.75, 3.05) is 7.05 Å². The predicted octanol–water partition coefficient (Wildman–Crippen LogP) is 2.58. The molecule has 6 nitrogen and oxygen atoms in total. The van der Waals surface area contributed by atoms with Crippen molar-refractivity contribution in [3.63, 3.8) is 0 Å². The van der Waals surface area contributed by atoms with Crippen LogP contribution in [0.4, 0.5) is 0 Å². The fourth-order valence-corrected chi connectivity index (χ4v) is 4.01. The second-order valence-corrected chi connectivity index (χ2v) is 7.70. The van der Waals surface area contributed by atoms with E-state index in [-0.39, 0.29) is 11.4 Å². The van der Waals surface area contributed by atoms with Crippen LogP contribution in [0.15, 0.2) is 47.6 Å². The molecule has 2 heterocycles. The summed E-state index contributed by atoms with van der Waals surface area (Å²) in [5, 5.41) is 5.20. The summed E-state index contributed by atoms with van der Waals surface area (Å²) < 4.78 is 28.8. The first-order chi connectivity index (χ1) is 11.4. The lowest BCUT2D eigenvalue weighted by atomic mass is 10.1. The first-order valence-corrected chi connectivity index (χ1v) is 9.20. The predicted molar refractivity (Wildman–Crippen MR) is 93.0 cm³/mol. The Kier molecular flexibility index (Phi) is 4.38. The topological polar surface area (TPSA) is 68.1 Å². The van der Waals surface area contributed by atoms with Crippen LogP contribution in [0.5, 0.6) is 0 Å². The Labute approximate surface area is 141 Å². The molecule has 7 heteroatoms. The van der Waals surface area contributed by atoms with Gasteiger partial charge in [-0.2, -0.15) is 9.40 Å². The summed E-state index contributed by atoms with van der Waals surface area (Å²) >= 11 is 0. The minimum absolute atomic E-state index is 0.255. The first-order valence-electron chi connectivity index (χ1n) is 7.76. The molecule has 0 aliphatic heterocycles. The molecule has 0 atom stereocenters. The number of para-hydroxylation sites is 1. The van der Waals surface area contributed by atoms with Crippen LogP contribution in [0.25, 0.3) is 10.9 Å². The molecule has 24 heavy (non-hydrogen) atoms. The lowest BCUT2D eigenvalue weighted by Gasteiger charge is -2.17. The van der Waals surface area contributed by atoms with Crippen molar-refractivity contribution in [1.82, 2.24) is 19.1 Å². The summed E-state index contributed by atoms with van der Waals surface area (Å²) in [5.74, 6) is 0. The van der Waals surface area contributed by atoms with Gasteiger partial charge in [-0.1, -0.05) is 18.2 Å². The van der Waals surface area contributed by atoms with Crippen LogP contribution >= 0.6 is 0 Å². The normalized spacial score (nSPS) is 12.2. The molecule has 0 saturated heterocycles.